The molecule has 0 saturated carbocycles. The van der Waals surface area contributed by atoms with Crippen molar-refractivity contribution in [3.63, 3.8) is 0 Å². The number of anilines is 1. The molecule has 0 spiro atoms. The second-order valence-electron chi connectivity index (χ2n) is 8.23. The van der Waals surface area contributed by atoms with Gasteiger partial charge in [-0.1, -0.05) is 6.92 Å². The van der Waals surface area contributed by atoms with Crippen molar-refractivity contribution in [1.82, 2.24) is 29.2 Å². The molecule has 1 aliphatic rings. The zero-order chi connectivity index (χ0) is 24.6. The molecular formula is C22H27F3N9+. The summed E-state index contributed by atoms with van der Waals surface area (Å²) < 4.78 is 40.9. The molecule has 0 bridgehead atoms. The Morgan fingerprint density at radius 2 is 2.00 bits per heavy atom. The highest BCUT2D eigenvalue weighted by Crippen LogP contribution is 2.31. The fourth-order valence-electron chi connectivity index (χ4n) is 4.64. The number of fused-ring (bicyclic) bond motifs is 1. The van der Waals surface area contributed by atoms with Crippen LogP contribution in [-0.4, -0.2) is 66.7 Å². The number of nitrogens with two attached hydrogens (primary N) is 2. The van der Waals surface area contributed by atoms with Gasteiger partial charge in [0.2, 0.25) is 0 Å². The van der Waals surface area contributed by atoms with E-state index in [1.165, 1.54) is 23.0 Å². The number of alkyl halides is 3. The van der Waals surface area contributed by atoms with Gasteiger partial charge in [0.05, 0.1) is 18.4 Å². The van der Waals surface area contributed by atoms with E-state index in [1.807, 2.05) is 0 Å². The van der Waals surface area contributed by atoms with Gasteiger partial charge in [0.1, 0.15) is 11.5 Å². The molecule has 9 nitrogen and oxygen atoms in total. The van der Waals surface area contributed by atoms with Crippen molar-refractivity contribution in [1.29, 1.82) is 0 Å². The lowest BCUT2D eigenvalue weighted by molar-refractivity contribution is -0.141. The predicted octanol–water partition coefficient (Wildman–Crippen LogP) is 1.17. The molecule has 0 amide bonds. The van der Waals surface area contributed by atoms with Gasteiger partial charge in [0, 0.05) is 42.8 Å². The molecule has 12 heteroatoms. The highest BCUT2D eigenvalue weighted by Gasteiger charge is 2.40. The Morgan fingerprint density at radius 3 is 2.65 bits per heavy atom. The third-order valence-corrected chi connectivity index (χ3v) is 6.28. The van der Waals surface area contributed by atoms with E-state index < -0.39 is 11.9 Å². The first-order valence-electron chi connectivity index (χ1n) is 10.9. The topological polar surface area (TPSA) is 114 Å². The minimum absolute atomic E-state index is 0.0308. The zero-order valence-electron chi connectivity index (χ0n) is 19.1. The largest absolute Gasteiger partial charge is 0.434 e. The van der Waals surface area contributed by atoms with E-state index in [9.17, 15) is 13.2 Å². The van der Waals surface area contributed by atoms with Gasteiger partial charge in [-0.3, -0.25) is 14.7 Å². The van der Waals surface area contributed by atoms with Crippen LogP contribution in [0.15, 0.2) is 42.6 Å². The molecule has 180 valence electrons. The standard InChI is InChI=1S/C22H26F3N9/c1-4-32-13(2)11-33(14(3)20(32)15(7-26)8-27)18-5-6-28-21(31-18)16-9-30-19-10-29-17(12-34(16)19)22(23,24)25/h5-10,12-14,20,26H,4,11,27H2,1-3H3/p+1/b15-8+,26-7?. The summed E-state index contributed by atoms with van der Waals surface area (Å²) in [5.41, 5.74) is 6.27. The summed E-state index contributed by atoms with van der Waals surface area (Å²) in [6.45, 7) is 7.80. The maximum atomic E-state index is 13.2. The smallest absolute Gasteiger partial charge is 0.404 e. The van der Waals surface area contributed by atoms with Crippen molar-refractivity contribution in [2.24, 2.45) is 5.73 Å². The van der Waals surface area contributed by atoms with Gasteiger partial charge < -0.3 is 10.6 Å². The van der Waals surface area contributed by atoms with Crippen molar-refractivity contribution in [2.75, 3.05) is 18.0 Å². The molecule has 1 saturated heterocycles. The Balaban J connectivity index is 1.75. The minimum atomic E-state index is -4.58. The van der Waals surface area contributed by atoms with Crippen molar-refractivity contribution in [2.45, 2.75) is 45.1 Å². The lowest BCUT2D eigenvalue weighted by Crippen LogP contribution is -2.64. The first-order valence-corrected chi connectivity index (χ1v) is 10.9. The second kappa shape index (κ2) is 9.01. The summed E-state index contributed by atoms with van der Waals surface area (Å²) in [5, 5.41) is 5.87. The van der Waals surface area contributed by atoms with Gasteiger partial charge in [-0.15, -0.1) is 0 Å². The van der Waals surface area contributed by atoms with E-state index in [4.69, 9.17) is 16.1 Å². The molecule has 1 fully saturated rings. The average Bonchev–Trinajstić information content (AvgIpc) is 3.25. The number of piperazine rings is 1. The number of rotatable bonds is 5. The fourth-order valence-corrected chi connectivity index (χ4v) is 4.64. The van der Waals surface area contributed by atoms with Gasteiger partial charge in [0.15, 0.2) is 23.4 Å². The number of likely N-dealkylation sites (N-methyl/N-ethyl adjacent to an activating group) is 1. The number of halogens is 3. The third kappa shape index (κ3) is 4.09. The van der Waals surface area contributed by atoms with Gasteiger partial charge >= 0.3 is 6.18 Å². The Hall–Kier alpha value is -3.54. The predicted molar refractivity (Wildman–Crippen MR) is 122 cm³/mol. The molecule has 3 atom stereocenters. The van der Waals surface area contributed by atoms with Crippen LogP contribution in [0.2, 0.25) is 0 Å². The Bertz CT molecular complexity index is 1220. The molecule has 3 aromatic heterocycles. The van der Waals surface area contributed by atoms with E-state index in [2.05, 4.69) is 45.5 Å². The quantitative estimate of drug-likeness (QED) is 0.534. The van der Waals surface area contributed by atoms with Crippen molar-refractivity contribution in [3.8, 4) is 11.5 Å². The molecule has 0 radical (unpaired) electrons. The summed E-state index contributed by atoms with van der Waals surface area (Å²) in [6, 6.07) is 1.88. The normalized spacial score (nSPS) is 22.4. The lowest BCUT2D eigenvalue weighted by Gasteiger charge is -2.50. The average molecular weight is 475 g/mol. The van der Waals surface area contributed by atoms with Gasteiger partial charge in [0.25, 0.3) is 0 Å². The molecule has 4 N–H and O–H groups in total. The molecular weight excluding hydrogens is 447 g/mol. The summed E-state index contributed by atoms with van der Waals surface area (Å²) in [6.07, 6.45) is 3.50. The Kier molecular flexibility index (Phi) is 6.26. The molecule has 1 aliphatic heterocycles. The van der Waals surface area contributed by atoms with Crippen molar-refractivity contribution >= 4 is 17.7 Å². The van der Waals surface area contributed by atoms with E-state index in [0.29, 0.717) is 18.1 Å². The maximum Gasteiger partial charge on any atom is 0.434 e. The van der Waals surface area contributed by atoms with Crippen LogP contribution in [0.5, 0.6) is 0 Å². The van der Waals surface area contributed by atoms with E-state index in [1.54, 1.807) is 12.3 Å². The van der Waals surface area contributed by atoms with Crippen molar-refractivity contribution in [3.05, 3.63) is 48.3 Å². The minimum Gasteiger partial charge on any atom is -0.404 e. The molecule has 4 heterocycles. The first kappa shape index (κ1) is 23.6. The highest BCUT2D eigenvalue weighted by molar-refractivity contribution is 5.75. The van der Waals surface area contributed by atoms with Crippen LogP contribution in [0, 0.1) is 0 Å². The molecule has 0 aliphatic carbocycles. The first-order chi connectivity index (χ1) is 16.2. The summed E-state index contributed by atoms with van der Waals surface area (Å²) in [4.78, 5) is 21.1. The highest BCUT2D eigenvalue weighted by atomic mass is 19.4. The summed E-state index contributed by atoms with van der Waals surface area (Å²) >= 11 is 0. The Morgan fingerprint density at radius 1 is 1.24 bits per heavy atom. The molecule has 34 heavy (non-hydrogen) atoms. The fraction of sp³-hybridized carbons (Fsp3) is 0.409. The zero-order valence-corrected chi connectivity index (χ0v) is 19.1. The molecule has 4 rings (SSSR count). The number of aromatic nitrogens is 5. The van der Waals surface area contributed by atoms with Gasteiger partial charge in [-0.05, 0) is 26.5 Å². The van der Waals surface area contributed by atoms with E-state index >= 15 is 0 Å². The van der Waals surface area contributed by atoms with Gasteiger partial charge in [-0.2, -0.15) is 13.2 Å². The van der Waals surface area contributed by atoms with E-state index in [0.717, 1.165) is 24.5 Å². The number of nitrogens with zero attached hydrogens (tertiary/aromatic N) is 7. The number of hydrogen-bond donors (Lipinski definition) is 2. The summed E-state index contributed by atoms with van der Waals surface area (Å²) in [7, 11) is 0. The van der Waals surface area contributed by atoms with Crippen LogP contribution in [0.4, 0.5) is 19.0 Å². The monoisotopic (exact) mass is 474 g/mol. The second-order valence-corrected chi connectivity index (χ2v) is 8.23. The van der Waals surface area contributed by atoms with E-state index in [-0.39, 0.29) is 29.6 Å². The van der Waals surface area contributed by atoms with Crippen LogP contribution < -0.4 is 16.0 Å². The van der Waals surface area contributed by atoms with Crippen LogP contribution in [0.3, 0.4) is 0 Å². The Labute approximate surface area is 194 Å². The van der Waals surface area contributed by atoms with Crippen LogP contribution in [-0.2, 0) is 6.18 Å². The van der Waals surface area contributed by atoms with Crippen LogP contribution >= 0.6 is 0 Å². The molecule has 3 aromatic rings. The van der Waals surface area contributed by atoms with Crippen molar-refractivity contribution < 1.29 is 18.6 Å². The van der Waals surface area contributed by atoms with Crippen LogP contribution in [0.25, 0.3) is 17.2 Å². The van der Waals surface area contributed by atoms with Crippen LogP contribution in [0.1, 0.15) is 26.5 Å². The SMILES string of the molecule is CCN1C(C)CN(c2ccnc(-c3cnc4cnc(C(F)(F)F)cn34)n2)C(C)C1/C(C=[NH2+])=C/N. The lowest BCUT2D eigenvalue weighted by atomic mass is 9.93. The summed E-state index contributed by atoms with van der Waals surface area (Å²) in [5.74, 6) is 0.914. The third-order valence-electron chi connectivity index (χ3n) is 6.28. The number of imidazole rings is 1. The number of hydrogen-bond acceptors (Lipinski definition) is 7. The maximum absolute atomic E-state index is 13.2. The van der Waals surface area contributed by atoms with Gasteiger partial charge in [-0.25, -0.2) is 19.9 Å². The molecule has 0 aromatic carbocycles. The molecule has 3 unspecified atom stereocenters.